The SMILES string of the molecule is O=C(Nc1ccc(Cn2cc(-c3ccccc3)nn2)cc1)c1ccc(Cl)cc1. The molecule has 0 unspecified atom stereocenters. The third-order valence-corrected chi connectivity index (χ3v) is 4.52. The van der Waals surface area contributed by atoms with Crippen molar-refractivity contribution >= 4 is 23.2 Å². The summed E-state index contributed by atoms with van der Waals surface area (Å²) in [6.45, 7) is 0.602. The van der Waals surface area contributed by atoms with Gasteiger partial charge in [-0.05, 0) is 42.0 Å². The number of nitrogens with one attached hydrogen (secondary N) is 1. The molecule has 28 heavy (non-hydrogen) atoms. The fraction of sp³-hybridized carbons (Fsp3) is 0.0455. The van der Waals surface area contributed by atoms with E-state index in [1.54, 1.807) is 28.9 Å². The van der Waals surface area contributed by atoms with Gasteiger partial charge in [0, 0.05) is 21.8 Å². The highest BCUT2D eigenvalue weighted by Crippen LogP contribution is 2.17. The van der Waals surface area contributed by atoms with Crippen LogP contribution in [0, 0.1) is 0 Å². The lowest BCUT2D eigenvalue weighted by molar-refractivity contribution is 0.102. The zero-order chi connectivity index (χ0) is 19.3. The Kier molecular flexibility index (Phi) is 5.17. The van der Waals surface area contributed by atoms with Gasteiger partial charge in [0.2, 0.25) is 0 Å². The van der Waals surface area contributed by atoms with Crippen LogP contribution in [-0.4, -0.2) is 20.9 Å². The second kappa shape index (κ2) is 8.06. The van der Waals surface area contributed by atoms with E-state index < -0.39 is 0 Å². The molecule has 0 fully saturated rings. The van der Waals surface area contributed by atoms with Crippen molar-refractivity contribution in [3.8, 4) is 11.3 Å². The van der Waals surface area contributed by atoms with Crippen LogP contribution in [0.5, 0.6) is 0 Å². The topological polar surface area (TPSA) is 59.8 Å². The molecule has 0 saturated carbocycles. The monoisotopic (exact) mass is 388 g/mol. The first-order chi connectivity index (χ1) is 13.7. The van der Waals surface area contributed by atoms with Crippen molar-refractivity contribution in [2.24, 2.45) is 0 Å². The number of hydrogen-bond acceptors (Lipinski definition) is 3. The van der Waals surface area contributed by atoms with Gasteiger partial charge in [0.15, 0.2) is 0 Å². The first kappa shape index (κ1) is 17.9. The van der Waals surface area contributed by atoms with Gasteiger partial charge in [0.25, 0.3) is 5.91 Å². The van der Waals surface area contributed by atoms with Gasteiger partial charge in [-0.15, -0.1) is 5.10 Å². The third kappa shape index (κ3) is 4.27. The molecule has 4 aromatic rings. The standard InChI is InChI=1S/C22H17ClN4O/c23-19-10-8-18(9-11-19)22(28)24-20-12-6-16(7-13-20)14-27-15-21(25-26-27)17-4-2-1-3-5-17/h1-13,15H,14H2,(H,24,28). The summed E-state index contributed by atoms with van der Waals surface area (Å²) in [4.78, 5) is 12.3. The molecule has 6 heteroatoms. The van der Waals surface area contributed by atoms with Gasteiger partial charge in [0.1, 0.15) is 5.69 Å². The average Bonchev–Trinajstić information content (AvgIpc) is 3.19. The summed E-state index contributed by atoms with van der Waals surface area (Å²) in [5.74, 6) is -0.173. The number of carbonyl (C=O) groups excluding carboxylic acids is 1. The Labute approximate surface area is 167 Å². The summed E-state index contributed by atoms with van der Waals surface area (Å²) >= 11 is 5.85. The predicted octanol–water partition coefficient (Wildman–Crippen LogP) is 4.90. The predicted molar refractivity (Wildman–Crippen MR) is 110 cm³/mol. The highest BCUT2D eigenvalue weighted by molar-refractivity contribution is 6.30. The lowest BCUT2D eigenvalue weighted by Crippen LogP contribution is -2.11. The molecule has 0 aliphatic carbocycles. The van der Waals surface area contributed by atoms with Gasteiger partial charge in [-0.2, -0.15) is 0 Å². The van der Waals surface area contributed by atoms with Crippen molar-refractivity contribution in [3.63, 3.8) is 0 Å². The number of anilines is 1. The molecule has 0 spiro atoms. The second-order valence-corrected chi connectivity index (χ2v) is 6.76. The number of rotatable bonds is 5. The largest absolute Gasteiger partial charge is 0.322 e. The summed E-state index contributed by atoms with van der Waals surface area (Å²) in [5.41, 5.74) is 4.23. The molecule has 4 rings (SSSR count). The van der Waals surface area contributed by atoms with E-state index in [4.69, 9.17) is 11.6 Å². The van der Waals surface area contributed by atoms with E-state index in [9.17, 15) is 4.79 Å². The van der Waals surface area contributed by atoms with Crippen molar-refractivity contribution < 1.29 is 4.79 Å². The maximum Gasteiger partial charge on any atom is 0.255 e. The van der Waals surface area contributed by atoms with Crippen molar-refractivity contribution in [1.82, 2.24) is 15.0 Å². The van der Waals surface area contributed by atoms with Crippen LogP contribution >= 0.6 is 11.6 Å². The lowest BCUT2D eigenvalue weighted by Gasteiger charge is -2.07. The number of nitrogens with zero attached hydrogens (tertiary/aromatic N) is 3. The summed E-state index contributed by atoms with van der Waals surface area (Å²) in [6.07, 6.45) is 1.92. The minimum atomic E-state index is -0.173. The lowest BCUT2D eigenvalue weighted by atomic mass is 10.1. The first-order valence-electron chi connectivity index (χ1n) is 8.79. The van der Waals surface area contributed by atoms with Crippen molar-refractivity contribution in [1.29, 1.82) is 0 Å². The number of aromatic nitrogens is 3. The van der Waals surface area contributed by atoms with Gasteiger partial charge < -0.3 is 5.32 Å². The van der Waals surface area contributed by atoms with E-state index in [1.165, 1.54) is 0 Å². The Morgan fingerprint density at radius 1 is 0.929 bits per heavy atom. The Morgan fingerprint density at radius 2 is 1.64 bits per heavy atom. The smallest absolute Gasteiger partial charge is 0.255 e. The molecular weight excluding hydrogens is 372 g/mol. The van der Waals surface area contributed by atoms with Gasteiger partial charge in [-0.1, -0.05) is 59.3 Å². The van der Waals surface area contributed by atoms with Gasteiger partial charge >= 0.3 is 0 Å². The molecular formula is C22H17ClN4O. The number of amides is 1. The number of carbonyl (C=O) groups is 1. The van der Waals surface area contributed by atoms with E-state index in [0.29, 0.717) is 17.1 Å². The molecule has 0 saturated heterocycles. The van der Waals surface area contributed by atoms with E-state index in [2.05, 4.69) is 15.6 Å². The summed E-state index contributed by atoms with van der Waals surface area (Å²) < 4.78 is 1.80. The molecule has 138 valence electrons. The van der Waals surface area contributed by atoms with Gasteiger partial charge in [-0.3, -0.25) is 4.79 Å². The van der Waals surface area contributed by atoms with Crippen LogP contribution in [0.3, 0.4) is 0 Å². The Balaban J connectivity index is 1.40. The molecule has 0 atom stereocenters. The maximum atomic E-state index is 12.3. The first-order valence-corrected chi connectivity index (χ1v) is 9.16. The Morgan fingerprint density at radius 3 is 2.36 bits per heavy atom. The molecule has 1 aromatic heterocycles. The van der Waals surface area contributed by atoms with E-state index in [1.807, 2.05) is 60.8 Å². The van der Waals surface area contributed by atoms with Crippen LogP contribution in [0.2, 0.25) is 5.02 Å². The number of halogens is 1. The zero-order valence-corrected chi connectivity index (χ0v) is 15.7. The third-order valence-electron chi connectivity index (χ3n) is 4.27. The molecule has 0 aliphatic heterocycles. The summed E-state index contributed by atoms with van der Waals surface area (Å²) in [5, 5.41) is 11.9. The van der Waals surface area contributed by atoms with E-state index in [0.717, 1.165) is 22.5 Å². The van der Waals surface area contributed by atoms with Crippen LogP contribution in [0.15, 0.2) is 85.1 Å². The molecule has 0 radical (unpaired) electrons. The van der Waals surface area contributed by atoms with Crippen molar-refractivity contribution in [3.05, 3.63) is 101 Å². The van der Waals surface area contributed by atoms with Crippen LogP contribution in [0.25, 0.3) is 11.3 Å². The fourth-order valence-electron chi connectivity index (χ4n) is 2.80. The maximum absolute atomic E-state index is 12.3. The zero-order valence-electron chi connectivity index (χ0n) is 14.9. The quantitative estimate of drug-likeness (QED) is 0.529. The van der Waals surface area contributed by atoms with Crippen molar-refractivity contribution in [2.75, 3.05) is 5.32 Å². The molecule has 5 nitrogen and oxygen atoms in total. The Bertz CT molecular complexity index is 1070. The van der Waals surface area contributed by atoms with Gasteiger partial charge in [0.05, 0.1) is 12.7 Å². The number of hydrogen-bond donors (Lipinski definition) is 1. The second-order valence-electron chi connectivity index (χ2n) is 6.33. The molecule has 1 heterocycles. The summed E-state index contributed by atoms with van der Waals surface area (Å²) in [6, 6.07) is 24.4. The minimum Gasteiger partial charge on any atom is -0.322 e. The molecule has 3 aromatic carbocycles. The van der Waals surface area contributed by atoms with Crippen LogP contribution in [0.1, 0.15) is 15.9 Å². The highest BCUT2D eigenvalue weighted by atomic mass is 35.5. The van der Waals surface area contributed by atoms with Crippen LogP contribution in [-0.2, 0) is 6.54 Å². The number of benzene rings is 3. The summed E-state index contributed by atoms with van der Waals surface area (Å²) in [7, 11) is 0. The molecule has 0 aliphatic rings. The fourth-order valence-corrected chi connectivity index (χ4v) is 2.93. The minimum absolute atomic E-state index is 0.173. The Hall–Kier alpha value is -3.44. The highest BCUT2D eigenvalue weighted by Gasteiger charge is 2.07. The molecule has 1 amide bonds. The average molecular weight is 389 g/mol. The van der Waals surface area contributed by atoms with E-state index >= 15 is 0 Å². The normalized spacial score (nSPS) is 10.6. The van der Waals surface area contributed by atoms with Crippen LogP contribution < -0.4 is 5.32 Å². The van der Waals surface area contributed by atoms with Gasteiger partial charge in [-0.25, -0.2) is 4.68 Å². The van der Waals surface area contributed by atoms with Crippen LogP contribution in [0.4, 0.5) is 5.69 Å². The van der Waals surface area contributed by atoms with E-state index in [-0.39, 0.29) is 5.91 Å². The molecule has 0 bridgehead atoms. The van der Waals surface area contributed by atoms with Crippen molar-refractivity contribution in [2.45, 2.75) is 6.54 Å². The molecule has 1 N–H and O–H groups in total.